The summed E-state index contributed by atoms with van der Waals surface area (Å²) in [7, 11) is 0. The number of ether oxygens (including phenoxy) is 1. The molecule has 0 bridgehead atoms. The van der Waals surface area contributed by atoms with Crippen LogP contribution in [0.1, 0.15) is 94.4 Å². The van der Waals surface area contributed by atoms with E-state index in [2.05, 4.69) is 52.0 Å². The number of carbonyl (C=O) groups excluding carboxylic acids is 1. The van der Waals surface area contributed by atoms with Crippen LogP contribution < -0.4 is 41.0 Å². The molecule has 4 aliphatic carbocycles. The van der Waals surface area contributed by atoms with Crippen LogP contribution in [0.5, 0.6) is 0 Å². The van der Waals surface area contributed by atoms with Crippen LogP contribution in [0.4, 0.5) is 20.4 Å². The van der Waals surface area contributed by atoms with Gasteiger partial charge in [0.2, 0.25) is 11.3 Å². The number of esters is 1. The number of benzene rings is 2. The fourth-order valence-corrected chi connectivity index (χ4v) is 12.5. The first kappa shape index (κ1) is 53.1. The Kier molecular flexibility index (Phi) is 14.7. The minimum Gasteiger partial charge on any atom is -0.870 e. The summed E-state index contributed by atoms with van der Waals surface area (Å²) >= 11 is 7.24. The van der Waals surface area contributed by atoms with Crippen LogP contribution in [-0.2, 0) is 14.3 Å². The van der Waals surface area contributed by atoms with E-state index >= 15 is 4.39 Å². The summed E-state index contributed by atoms with van der Waals surface area (Å²) in [6.45, 7) is 1.90. The molecule has 74 heavy (non-hydrogen) atoms. The van der Waals surface area contributed by atoms with Crippen LogP contribution in [0.3, 0.4) is 0 Å². The largest absolute Gasteiger partial charge is 1.00 e. The second-order valence-corrected chi connectivity index (χ2v) is 21.3. The number of carbonyl (C=O) groups is 2. The van der Waals surface area contributed by atoms with E-state index in [-0.39, 0.29) is 66.3 Å². The summed E-state index contributed by atoms with van der Waals surface area (Å²) in [5.74, 6) is -0.978. The molecule has 20 heteroatoms. The maximum absolute atomic E-state index is 15.3. The number of aliphatic carboxylic acids is 1. The molecule has 4 fully saturated rings. The van der Waals surface area contributed by atoms with Gasteiger partial charge >= 0.3 is 41.5 Å². The van der Waals surface area contributed by atoms with Crippen molar-refractivity contribution in [2.24, 2.45) is 10.8 Å². The average molecular weight is 1140 g/mol. The van der Waals surface area contributed by atoms with Crippen LogP contribution in [-0.4, -0.2) is 79.6 Å². The van der Waals surface area contributed by atoms with Gasteiger partial charge in [0.15, 0.2) is 11.3 Å². The molecule has 2 unspecified atom stereocenters. The number of hydrogen-bond donors (Lipinski definition) is 3. The Bertz CT molecular complexity index is 3390. The number of pyridine rings is 2. The Morgan fingerprint density at radius 1 is 0.649 bits per heavy atom. The Hall–Kier alpha value is -5.70. The van der Waals surface area contributed by atoms with Gasteiger partial charge in [-0.3, -0.25) is 9.97 Å². The zero-order chi connectivity index (χ0) is 50.2. The molecule has 4 aliphatic rings. The normalized spacial score (nSPS) is 24.6. The number of halogens is 4. The summed E-state index contributed by atoms with van der Waals surface area (Å²) < 4.78 is 39.7. The zero-order valence-corrected chi connectivity index (χ0v) is 45.9. The van der Waals surface area contributed by atoms with Crippen molar-refractivity contribution in [1.82, 2.24) is 39.2 Å². The molecule has 376 valence electrons. The molecule has 0 amide bonds. The number of nitrogen functional groups attached to an aromatic ring is 2. The van der Waals surface area contributed by atoms with E-state index in [1.165, 1.54) is 0 Å². The molecule has 4 saturated carbocycles. The van der Waals surface area contributed by atoms with Crippen LogP contribution >= 0.6 is 31.9 Å². The van der Waals surface area contributed by atoms with Gasteiger partial charge in [-0.1, -0.05) is 72.8 Å². The topological polar surface area (TPSA) is 232 Å². The summed E-state index contributed by atoms with van der Waals surface area (Å²) in [5.41, 5.74) is 17.9. The number of nitrogens with two attached hydrogens (primary N) is 2. The Morgan fingerprint density at radius 2 is 1.05 bits per heavy atom. The first-order valence-electron chi connectivity index (χ1n) is 24.2. The number of rotatable bonds is 9. The monoisotopic (exact) mass is 1140 g/mol. The van der Waals surface area contributed by atoms with E-state index in [0.717, 1.165) is 69.0 Å². The molecule has 12 rings (SSSR count). The van der Waals surface area contributed by atoms with Crippen molar-refractivity contribution in [1.29, 1.82) is 0 Å². The maximum Gasteiger partial charge on any atom is 1.00 e. The zero-order valence-electron chi connectivity index (χ0n) is 40.7. The molecule has 8 aromatic rings. The molecule has 0 saturated heterocycles. The average Bonchev–Trinajstić information content (AvgIpc) is 3.93. The number of nitrogens with zero attached hydrogens (tertiary/aromatic N) is 8. The molecule has 0 aliphatic heterocycles. The van der Waals surface area contributed by atoms with Crippen molar-refractivity contribution < 1.29 is 63.2 Å². The van der Waals surface area contributed by atoms with Gasteiger partial charge < -0.3 is 26.8 Å². The Labute approximate surface area is 463 Å². The third kappa shape index (κ3) is 8.99. The SMILES string of the molecule is CCOC(=O)C1(F)CC12CCC(c1nc3c(-c4ccc(-c5ccccc5)nc4)cnn3c(N)c1Br)CC2.Nc1c(Br)c(C2CCC3(CC2)CC3(F)C(=O)O)nc2c(-c3ccc(-c4ccccc4)nc3)cnn12.[Na+].[OH-]. The number of carboxylic acids is 1. The second-order valence-electron chi connectivity index (χ2n) is 19.7. The fourth-order valence-electron chi connectivity index (χ4n) is 11.4. The van der Waals surface area contributed by atoms with Gasteiger partial charge in [-0.15, -0.1) is 0 Å². The second kappa shape index (κ2) is 20.4. The Balaban J connectivity index is 0.000000177. The van der Waals surface area contributed by atoms with Gasteiger partial charge in [-0.2, -0.15) is 19.2 Å². The van der Waals surface area contributed by atoms with E-state index in [1.54, 1.807) is 28.3 Å². The summed E-state index contributed by atoms with van der Waals surface area (Å²) in [4.78, 5) is 42.8. The van der Waals surface area contributed by atoms with Crippen molar-refractivity contribution in [3.8, 4) is 44.8 Å². The predicted molar refractivity (Wildman–Crippen MR) is 278 cm³/mol. The molecule has 2 atom stereocenters. The van der Waals surface area contributed by atoms with Crippen molar-refractivity contribution in [3.05, 3.63) is 130 Å². The minimum absolute atomic E-state index is 0. The van der Waals surface area contributed by atoms with Crippen LogP contribution in [0, 0.1) is 10.8 Å². The first-order chi connectivity index (χ1) is 34.7. The summed E-state index contributed by atoms with van der Waals surface area (Å²) in [5, 5.41) is 18.2. The number of hydrogen-bond acceptors (Lipinski definition) is 12. The molecule has 2 spiro atoms. The van der Waals surface area contributed by atoms with Crippen molar-refractivity contribution in [2.45, 2.75) is 94.3 Å². The molecular formula is C54H51Br2F2N10NaO5. The number of anilines is 2. The fraction of sp³-hybridized carbons (Fsp3) is 0.333. The Morgan fingerprint density at radius 3 is 1.42 bits per heavy atom. The maximum atomic E-state index is 15.3. The molecular weight excluding hydrogens is 1090 g/mol. The van der Waals surface area contributed by atoms with E-state index < -0.39 is 34.1 Å². The molecule has 0 radical (unpaired) electrons. The standard InChI is InChI=1S/C28H27BrFN5O2.C26H23BrFN5O2.Na.H2O/c1-2-37-26(36)28(30)16-27(28)12-10-18(11-13-27)23-22(29)24(31)35-25(34-23)20(15-33-35)19-8-9-21(32-14-19)17-6-4-3-5-7-17;27-20-21(16-8-10-25(11-9-16)14-26(25,28)24(34)35)32-23-18(13-31-33(23)22(20)29)17-6-7-19(30-12-17)15-4-2-1-3-5-15;;/h3-9,14-15,18H,2,10-13,16,31H2,1H3;1-7,12-13,16H,8-11,14,29H2,(H,34,35);;1H2/q;;+1;/p-1. The van der Waals surface area contributed by atoms with Gasteiger partial charge in [0, 0.05) is 81.3 Å². The molecule has 15 nitrogen and oxygen atoms in total. The molecule has 6 heterocycles. The number of alkyl halides is 2. The van der Waals surface area contributed by atoms with Crippen molar-refractivity contribution in [3.63, 3.8) is 0 Å². The smallest absolute Gasteiger partial charge is 0.870 e. The number of aromatic nitrogens is 8. The number of fused-ring (bicyclic) bond motifs is 2. The third-order valence-electron chi connectivity index (χ3n) is 15.8. The van der Waals surface area contributed by atoms with Gasteiger partial charge in [-0.25, -0.2) is 28.3 Å². The summed E-state index contributed by atoms with van der Waals surface area (Å²) in [6, 6.07) is 27.9. The first-order valence-corrected chi connectivity index (χ1v) is 25.8. The van der Waals surface area contributed by atoms with E-state index in [4.69, 9.17) is 26.2 Å². The van der Waals surface area contributed by atoms with Gasteiger partial charge in [-0.05, 0) is 102 Å². The van der Waals surface area contributed by atoms with E-state index in [0.29, 0.717) is 70.4 Å². The van der Waals surface area contributed by atoms with E-state index in [9.17, 15) is 19.1 Å². The van der Waals surface area contributed by atoms with Crippen molar-refractivity contribution >= 4 is 66.7 Å². The summed E-state index contributed by atoms with van der Waals surface area (Å²) in [6.07, 6.45) is 12.5. The van der Waals surface area contributed by atoms with Gasteiger partial charge in [0.05, 0.1) is 50.7 Å². The van der Waals surface area contributed by atoms with Crippen molar-refractivity contribution in [2.75, 3.05) is 18.1 Å². The predicted octanol–water partition coefficient (Wildman–Crippen LogP) is 8.59. The molecule has 6 N–H and O–H groups in total. The molecule has 2 aromatic carbocycles. The molecule has 6 aromatic heterocycles. The van der Waals surface area contributed by atoms with Crippen LogP contribution in [0.2, 0.25) is 0 Å². The third-order valence-corrected chi connectivity index (χ3v) is 17.4. The minimum atomic E-state index is -2.08. The van der Waals surface area contributed by atoms with Gasteiger partial charge in [0.1, 0.15) is 11.6 Å². The number of carboxylic acid groups (broad SMARTS) is 1. The quantitative estimate of drug-likeness (QED) is 0.0909. The van der Waals surface area contributed by atoms with Crippen LogP contribution in [0.25, 0.3) is 56.1 Å². The van der Waals surface area contributed by atoms with E-state index in [1.807, 2.05) is 97.3 Å². The van der Waals surface area contributed by atoms with Gasteiger partial charge in [0.25, 0.3) is 0 Å². The van der Waals surface area contributed by atoms with Crippen LogP contribution in [0.15, 0.2) is 119 Å².